The summed E-state index contributed by atoms with van der Waals surface area (Å²) in [7, 11) is 0. The molecule has 2 fully saturated rings. The molecule has 0 bridgehead atoms. The number of nitrogens with zero attached hydrogens (tertiary/aromatic N) is 1. The van der Waals surface area contributed by atoms with Crippen molar-refractivity contribution in [3.8, 4) is 0 Å². The first kappa shape index (κ1) is 11.4. The third-order valence-corrected chi connectivity index (χ3v) is 4.32. The van der Waals surface area contributed by atoms with Gasteiger partial charge in [-0.05, 0) is 50.6 Å². The molecule has 1 aliphatic heterocycles. The average Bonchev–Trinajstić information content (AvgIpc) is 2.67. The molecule has 3 atom stereocenters. The van der Waals surface area contributed by atoms with E-state index in [1.807, 2.05) is 0 Å². The van der Waals surface area contributed by atoms with Crippen LogP contribution in [0, 0.1) is 11.8 Å². The van der Waals surface area contributed by atoms with Crippen LogP contribution in [0.2, 0.25) is 0 Å². The fourth-order valence-electron chi connectivity index (χ4n) is 3.40. The van der Waals surface area contributed by atoms with Crippen molar-refractivity contribution < 1.29 is 0 Å². The van der Waals surface area contributed by atoms with E-state index >= 15 is 0 Å². The molecule has 0 aromatic rings. The number of nitrogens with two attached hydrogens (primary N) is 1. The number of rotatable bonds is 3. The highest BCUT2D eigenvalue weighted by molar-refractivity contribution is 4.84. The second-order valence-electron chi connectivity index (χ2n) is 5.65. The van der Waals surface area contributed by atoms with Gasteiger partial charge in [0.15, 0.2) is 0 Å². The van der Waals surface area contributed by atoms with E-state index in [4.69, 9.17) is 5.73 Å². The fourth-order valence-corrected chi connectivity index (χ4v) is 3.40. The van der Waals surface area contributed by atoms with Gasteiger partial charge in [-0.1, -0.05) is 19.8 Å². The first-order valence-corrected chi connectivity index (χ1v) is 6.73. The van der Waals surface area contributed by atoms with Gasteiger partial charge in [-0.15, -0.1) is 0 Å². The lowest BCUT2D eigenvalue weighted by molar-refractivity contribution is 0.158. The summed E-state index contributed by atoms with van der Waals surface area (Å²) in [6.07, 6.45) is 8.41. The van der Waals surface area contributed by atoms with E-state index in [0.29, 0.717) is 0 Å². The quantitative estimate of drug-likeness (QED) is 0.774. The van der Waals surface area contributed by atoms with E-state index in [-0.39, 0.29) is 0 Å². The molecule has 0 amide bonds. The van der Waals surface area contributed by atoms with Crippen molar-refractivity contribution in [3.05, 3.63) is 0 Å². The Bertz CT molecular complexity index is 193. The summed E-state index contributed by atoms with van der Waals surface area (Å²) in [5, 5.41) is 0. The van der Waals surface area contributed by atoms with Crippen LogP contribution < -0.4 is 5.73 Å². The Labute approximate surface area is 94.2 Å². The van der Waals surface area contributed by atoms with Crippen molar-refractivity contribution in [1.82, 2.24) is 4.90 Å². The molecule has 15 heavy (non-hydrogen) atoms. The summed E-state index contributed by atoms with van der Waals surface area (Å²) in [6, 6.07) is 0.900. The fraction of sp³-hybridized carbons (Fsp3) is 1.00. The molecule has 1 heterocycles. The third kappa shape index (κ3) is 2.94. The highest BCUT2D eigenvalue weighted by Crippen LogP contribution is 2.31. The molecule has 2 nitrogen and oxygen atoms in total. The Morgan fingerprint density at radius 2 is 2.13 bits per heavy atom. The smallest absolute Gasteiger partial charge is 0.00979 e. The zero-order valence-corrected chi connectivity index (χ0v) is 10.1. The molecule has 1 saturated heterocycles. The second kappa shape index (κ2) is 5.31. The first-order chi connectivity index (χ1) is 7.29. The number of hydrogen-bond donors (Lipinski definition) is 1. The molecule has 0 radical (unpaired) electrons. The van der Waals surface area contributed by atoms with E-state index in [0.717, 1.165) is 24.4 Å². The molecule has 2 N–H and O–H groups in total. The largest absolute Gasteiger partial charge is 0.330 e. The molecule has 0 aromatic carbocycles. The van der Waals surface area contributed by atoms with Crippen molar-refractivity contribution in [2.45, 2.75) is 51.5 Å². The lowest BCUT2D eigenvalue weighted by atomic mass is 9.86. The van der Waals surface area contributed by atoms with Crippen LogP contribution in [-0.4, -0.2) is 30.6 Å². The predicted octanol–water partition coefficient (Wildman–Crippen LogP) is 2.24. The van der Waals surface area contributed by atoms with Crippen LogP contribution in [0.15, 0.2) is 0 Å². The highest BCUT2D eigenvalue weighted by Gasteiger charge is 2.30. The Balaban J connectivity index is 1.79. The van der Waals surface area contributed by atoms with Crippen LogP contribution in [0.5, 0.6) is 0 Å². The maximum atomic E-state index is 5.64. The number of likely N-dealkylation sites (tertiary alicyclic amines) is 1. The molecule has 1 saturated carbocycles. The van der Waals surface area contributed by atoms with Crippen LogP contribution in [0.25, 0.3) is 0 Å². The minimum atomic E-state index is 0.875. The molecule has 88 valence electrons. The highest BCUT2D eigenvalue weighted by atomic mass is 15.2. The Hall–Kier alpha value is -0.0800. The van der Waals surface area contributed by atoms with Crippen molar-refractivity contribution in [1.29, 1.82) is 0 Å². The molecule has 3 unspecified atom stereocenters. The Kier molecular flexibility index (Phi) is 4.04. The van der Waals surface area contributed by atoms with Crippen LogP contribution >= 0.6 is 0 Å². The lowest BCUT2D eigenvalue weighted by Gasteiger charge is -2.34. The van der Waals surface area contributed by atoms with Gasteiger partial charge in [0.2, 0.25) is 0 Å². The molecule has 0 aromatic heterocycles. The van der Waals surface area contributed by atoms with Gasteiger partial charge in [0.05, 0.1) is 0 Å². The van der Waals surface area contributed by atoms with Gasteiger partial charge >= 0.3 is 0 Å². The van der Waals surface area contributed by atoms with Gasteiger partial charge in [0, 0.05) is 12.6 Å². The monoisotopic (exact) mass is 210 g/mol. The van der Waals surface area contributed by atoms with Gasteiger partial charge in [-0.3, -0.25) is 0 Å². The predicted molar refractivity (Wildman–Crippen MR) is 64.8 cm³/mol. The van der Waals surface area contributed by atoms with Crippen LogP contribution in [-0.2, 0) is 0 Å². The van der Waals surface area contributed by atoms with Gasteiger partial charge < -0.3 is 10.6 Å². The van der Waals surface area contributed by atoms with Crippen molar-refractivity contribution in [2.75, 3.05) is 19.6 Å². The third-order valence-electron chi connectivity index (χ3n) is 4.32. The average molecular weight is 210 g/mol. The Morgan fingerprint density at radius 1 is 1.27 bits per heavy atom. The minimum Gasteiger partial charge on any atom is -0.330 e. The molecule has 1 aliphatic carbocycles. The number of hydrogen-bond acceptors (Lipinski definition) is 2. The van der Waals surface area contributed by atoms with Crippen LogP contribution in [0.4, 0.5) is 0 Å². The van der Waals surface area contributed by atoms with E-state index in [1.54, 1.807) is 0 Å². The maximum Gasteiger partial charge on any atom is 0.00979 e. The summed E-state index contributed by atoms with van der Waals surface area (Å²) in [5.41, 5.74) is 5.64. The summed E-state index contributed by atoms with van der Waals surface area (Å²) < 4.78 is 0. The normalized spacial score (nSPS) is 38.4. The van der Waals surface area contributed by atoms with Gasteiger partial charge in [0.25, 0.3) is 0 Å². The minimum absolute atomic E-state index is 0.875. The van der Waals surface area contributed by atoms with Crippen LogP contribution in [0.3, 0.4) is 0 Å². The maximum absolute atomic E-state index is 5.64. The van der Waals surface area contributed by atoms with Crippen molar-refractivity contribution in [3.63, 3.8) is 0 Å². The summed E-state index contributed by atoms with van der Waals surface area (Å²) in [5.74, 6) is 1.85. The summed E-state index contributed by atoms with van der Waals surface area (Å²) >= 11 is 0. The lowest BCUT2D eigenvalue weighted by Crippen LogP contribution is -2.37. The van der Waals surface area contributed by atoms with Crippen molar-refractivity contribution in [2.24, 2.45) is 17.6 Å². The van der Waals surface area contributed by atoms with Crippen molar-refractivity contribution >= 4 is 0 Å². The summed E-state index contributed by atoms with van der Waals surface area (Å²) in [4.78, 5) is 2.75. The van der Waals surface area contributed by atoms with E-state index in [9.17, 15) is 0 Å². The topological polar surface area (TPSA) is 29.3 Å². The molecular formula is C13H26N2. The first-order valence-electron chi connectivity index (χ1n) is 6.73. The van der Waals surface area contributed by atoms with Gasteiger partial charge in [0.1, 0.15) is 0 Å². The van der Waals surface area contributed by atoms with Crippen LogP contribution in [0.1, 0.15) is 45.4 Å². The van der Waals surface area contributed by atoms with Gasteiger partial charge in [-0.2, -0.15) is 0 Å². The van der Waals surface area contributed by atoms with Gasteiger partial charge in [-0.25, -0.2) is 0 Å². The summed E-state index contributed by atoms with van der Waals surface area (Å²) in [6.45, 7) is 5.95. The second-order valence-corrected chi connectivity index (χ2v) is 5.65. The molecule has 2 aliphatic rings. The standard InChI is InChI=1S/C13H26N2/c1-11-3-2-4-13(9-11)15-8-6-12(10-15)5-7-14/h11-13H,2-10,14H2,1H3. The molecule has 0 spiro atoms. The molecule has 2 heteroatoms. The zero-order chi connectivity index (χ0) is 10.7. The van der Waals surface area contributed by atoms with E-state index in [2.05, 4.69) is 11.8 Å². The van der Waals surface area contributed by atoms with E-state index < -0.39 is 0 Å². The SMILES string of the molecule is CC1CCCC(N2CCC(CCN)C2)C1. The molecule has 2 rings (SSSR count). The van der Waals surface area contributed by atoms with E-state index in [1.165, 1.54) is 51.6 Å². The zero-order valence-electron chi connectivity index (χ0n) is 10.1. The Morgan fingerprint density at radius 3 is 2.87 bits per heavy atom. The molecular weight excluding hydrogens is 184 g/mol.